The highest BCUT2D eigenvalue weighted by atomic mass is 32.1. The van der Waals surface area contributed by atoms with Crippen LogP contribution < -0.4 is 15.2 Å². The van der Waals surface area contributed by atoms with E-state index < -0.39 is 0 Å². The van der Waals surface area contributed by atoms with E-state index in [4.69, 9.17) is 9.40 Å². The number of piperazine rings is 1. The molecule has 5 aromatic rings. The number of amides is 1. The predicted molar refractivity (Wildman–Crippen MR) is 174 cm³/mol. The molecule has 0 atom stereocenters. The molecular weight excluding hydrogens is 592 g/mol. The highest BCUT2D eigenvalue weighted by Crippen LogP contribution is 2.44. The van der Waals surface area contributed by atoms with Gasteiger partial charge in [0.1, 0.15) is 21.9 Å². The molecule has 234 valence electrons. The van der Waals surface area contributed by atoms with Gasteiger partial charge in [-0.2, -0.15) is 0 Å². The Balaban J connectivity index is 1.23. The van der Waals surface area contributed by atoms with Crippen LogP contribution in [0.5, 0.6) is 11.5 Å². The van der Waals surface area contributed by atoms with Crippen LogP contribution in [0.15, 0.2) is 45.1 Å². The zero-order chi connectivity index (χ0) is 31.4. The molecule has 5 heterocycles. The monoisotopic (exact) mass is 629 g/mol. The number of thiophene rings is 1. The van der Waals surface area contributed by atoms with Crippen molar-refractivity contribution in [1.82, 2.24) is 19.4 Å². The smallest absolute Gasteiger partial charge is 0.270 e. The summed E-state index contributed by atoms with van der Waals surface area (Å²) in [6.45, 7) is 3.47. The van der Waals surface area contributed by atoms with E-state index in [1.807, 2.05) is 6.07 Å². The van der Waals surface area contributed by atoms with Gasteiger partial charge in [0.25, 0.3) is 5.91 Å². The van der Waals surface area contributed by atoms with Crippen LogP contribution in [0.1, 0.15) is 53.6 Å². The zero-order valence-corrected chi connectivity index (χ0v) is 26.5. The third-order valence-electron chi connectivity index (χ3n) is 9.17. The molecule has 0 unspecified atom stereocenters. The third-order valence-corrected chi connectivity index (χ3v) is 10.1. The van der Waals surface area contributed by atoms with Gasteiger partial charge in [0.2, 0.25) is 11.3 Å². The number of rotatable bonds is 6. The van der Waals surface area contributed by atoms with Crippen molar-refractivity contribution >= 4 is 44.4 Å². The van der Waals surface area contributed by atoms with Crippen molar-refractivity contribution in [2.45, 2.75) is 38.1 Å². The predicted octanol–water partition coefficient (Wildman–Crippen LogP) is 3.42. The van der Waals surface area contributed by atoms with E-state index in [9.17, 15) is 19.8 Å². The lowest BCUT2D eigenvalue weighted by molar-refractivity contribution is -0.880. The number of phenols is 2. The Labute approximate surface area is 264 Å². The molecule has 2 fully saturated rings. The summed E-state index contributed by atoms with van der Waals surface area (Å²) in [5.74, 6) is 0.346. The largest absolute Gasteiger partial charge is 0.504 e. The summed E-state index contributed by atoms with van der Waals surface area (Å²) in [6, 6.07) is 7.06. The van der Waals surface area contributed by atoms with E-state index in [-0.39, 0.29) is 35.3 Å². The van der Waals surface area contributed by atoms with E-state index >= 15 is 0 Å². The molecule has 1 amide bonds. The lowest BCUT2D eigenvalue weighted by atomic mass is 10.0. The highest BCUT2D eigenvalue weighted by Gasteiger charge is 2.27. The molecule has 3 N–H and O–H groups in total. The molecule has 0 spiro atoms. The molecule has 0 bridgehead atoms. The van der Waals surface area contributed by atoms with Gasteiger partial charge in [0.05, 0.1) is 33.2 Å². The second-order valence-corrected chi connectivity index (χ2v) is 13.3. The fourth-order valence-electron chi connectivity index (χ4n) is 6.59. The van der Waals surface area contributed by atoms with Gasteiger partial charge in [-0.3, -0.25) is 9.59 Å². The minimum absolute atomic E-state index is 0.0759. The van der Waals surface area contributed by atoms with Crippen LogP contribution in [0.2, 0.25) is 0 Å². The van der Waals surface area contributed by atoms with Gasteiger partial charge in [0.15, 0.2) is 17.1 Å². The lowest BCUT2D eigenvalue weighted by Crippen LogP contribution is -3.12. The van der Waals surface area contributed by atoms with Crippen molar-refractivity contribution < 1.29 is 24.3 Å². The van der Waals surface area contributed by atoms with Crippen LogP contribution in [0.3, 0.4) is 0 Å². The summed E-state index contributed by atoms with van der Waals surface area (Å²) >= 11 is 1.26. The third kappa shape index (κ3) is 5.21. The quantitative estimate of drug-likeness (QED) is 0.244. The number of benzene rings is 1. The molecule has 45 heavy (non-hydrogen) atoms. The number of carbonyl (C=O) groups excluding carboxylic acids is 1. The summed E-state index contributed by atoms with van der Waals surface area (Å²) in [7, 11) is 5.64. The Kier molecular flexibility index (Phi) is 7.49. The molecular formula is C33H37N6O5S+. The molecule has 1 saturated carbocycles. The van der Waals surface area contributed by atoms with Crippen LogP contribution in [0.25, 0.3) is 32.4 Å². The van der Waals surface area contributed by atoms with Gasteiger partial charge in [-0.05, 0) is 25.0 Å². The Morgan fingerprint density at radius 3 is 2.60 bits per heavy atom. The minimum Gasteiger partial charge on any atom is -0.504 e. The normalized spacial score (nSPS) is 16.3. The first-order chi connectivity index (χ1) is 21.7. The summed E-state index contributed by atoms with van der Waals surface area (Å²) in [5, 5.41) is 25.0. The number of fused-ring (bicyclic) bond motifs is 2. The van der Waals surface area contributed by atoms with E-state index in [2.05, 4.69) is 21.5 Å². The maximum Gasteiger partial charge on any atom is 0.270 e. The van der Waals surface area contributed by atoms with Crippen LogP contribution in [-0.4, -0.2) is 82.9 Å². The molecule has 2 aliphatic rings. The number of hydrogen-bond acceptors (Lipinski definition) is 9. The minimum atomic E-state index is -0.294. The molecule has 1 saturated heterocycles. The maximum atomic E-state index is 13.1. The van der Waals surface area contributed by atoms with Gasteiger partial charge < -0.3 is 33.9 Å². The van der Waals surface area contributed by atoms with E-state index in [1.54, 1.807) is 48.8 Å². The molecule has 1 aliphatic carbocycles. The summed E-state index contributed by atoms with van der Waals surface area (Å²) in [6.07, 6.45) is 6.09. The van der Waals surface area contributed by atoms with Crippen LogP contribution >= 0.6 is 11.3 Å². The summed E-state index contributed by atoms with van der Waals surface area (Å²) < 4.78 is 8.80. The second kappa shape index (κ2) is 11.5. The number of phenolic OH excluding ortho intramolecular Hbond substituents is 2. The number of aromatic nitrogens is 3. The molecule has 1 aromatic carbocycles. The van der Waals surface area contributed by atoms with Gasteiger partial charge in [-0.15, -0.1) is 11.3 Å². The van der Waals surface area contributed by atoms with Gasteiger partial charge in [-0.1, -0.05) is 18.9 Å². The number of anilines is 1. The van der Waals surface area contributed by atoms with Gasteiger partial charge in [0, 0.05) is 66.3 Å². The fraction of sp³-hybridized carbons (Fsp3) is 0.394. The first kappa shape index (κ1) is 29.3. The number of nitrogens with one attached hydrogen (secondary N) is 1. The number of carbonyl (C=O) groups is 1. The first-order valence-corrected chi connectivity index (χ1v) is 16.3. The fourth-order valence-corrected chi connectivity index (χ4v) is 7.49. The van der Waals surface area contributed by atoms with Crippen LogP contribution in [-0.2, 0) is 6.42 Å². The van der Waals surface area contributed by atoms with Crippen LogP contribution in [0.4, 0.5) is 5.88 Å². The van der Waals surface area contributed by atoms with Crippen LogP contribution in [0, 0.1) is 0 Å². The summed E-state index contributed by atoms with van der Waals surface area (Å²) in [4.78, 5) is 40.6. The maximum absolute atomic E-state index is 13.1. The first-order valence-electron chi connectivity index (χ1n) is 15.4. The number of quaternary nitrogens is 1. The molecule has 1 aliphatic heterocycles. The van der Waals surface area contributed by atoms with E-state index in [0.29, 0.717) is 50.0 Å². The molecule has 0 radical (unpaired) electrons. The van der Waals surface area contributed by atoms with Crippen molar-refractivity contribution in [2.75, 3.05) is 52.2 Å². The van der Waals surface area contributed by atoms with Crippen molar-refractivity contribution in [3.05, 3.63) is 63.1 Å². The Morgan fingerprint density at radius 2 is 1.87 bits per heavy atom. The molecule has 4 aromatic heterocycles. The Hall–Kier alpha value is -4.42. The topological polar surface area (TPSA) is 129 Å². The number of nitrogens with zero attached hydrogens (tertiary/aromatic N) is 5. The van der Waals surface area contributed by atoms with Gasteiger partial charge in [-0.25, -0.2) is 9.97 Å². The SMILES string of the molecule is CN(C)C(=O)c1cc2cnc(Cc3ccc(-c4csc5c(=O)cc(N6CC[NH+](C)CC6)oc45)c(O)c3O)nc2n1C1CCCC1. The molecule has 7 rings (SSSR count). The Morgan fingerprint density at radius 1 is 1.11 bits per heavy atom. The highest BCUT2D eigenvalue weighted by molar-refractivity contribution is 7.17. The van der Waals surface area contributed by atoms with E-state index in [1.165, 1.54) is 16.2 Å². The average Bonchev–Trinajstić information content (AvgIpc) is 3.78. The Bertz CT molecular complexity index is 1980. The molecule has 12 heteroatoms. The standard InChI is InChI=1S/C33H36N6O5S/c1-36(2)33(43)24-14-20-17-34-26(35-32(20)39(24)21-6-4-5-7-21)15-19-8-9-22(29(42)28(19)41)23-18-45-31-25(40)16-27(44-30(23)31)38-12-10-37(3)11-13-38/h8-9,14,16-18,21,41-42H,4-7,10-13,15H2,1-3H3/p+1. The number of aromatic hydroxyl groups is 2. The lowest BCUT2D eigenvalue weighted by Gasteiger charge is -2.30. The number of likely N-dealkylation sites (N-methyl/N-ethyl adjacent to an activating group) is 1. The molecule has 11 nitrogen and oxygen atoms in total. The zero-order valence-electron chi connectivity index (χ0n) is 25.7. The van der Waals surface area contributed by atoms with Gasteiger partial charge >= 0.3 is 0 Å². The van der Waals surface area contributed by atoms with Crippen molar-refractivity contribution in [3.63, 3.8) is 0 Å². The van der Waals surface area contributed by atoms with Crippen molar-refractivity contribution in [2.24, 2.45) is 0 Å². The summed E-state index contributed by atoms with van der Waals surface area (Å²) in [5.41, 5.74) is 2.97. The average molecular weight is 630 g/mol. The van der Waals surface area contributed by atoms with Crippen molar-refractivity contribution in [3.8, 4) is 22.6 Å². The van der Waals surface area contributed by atoms with Crippen molar-refractivity contribution in [1.29, 1.82) is 0 Å². The second-order valence-electron chi connectivity index (χ2n) is 12.4. The number of hydrogen-bond donors (Lipinski definition) is 3. The van der Waals surface area contributed by atoms with E-state index in [0.717, 1.165) is 57.2 Å².